The summed E-state index contributed by atoms with van der Waals surface area (Å²) in [6.07, 6.45) is 0.999. The molecule has 0 aliphatic carbocycles. The number of nitrogens with zero attached hydrogens (tertiary/aromatic N) is 2. The van der Waals surface area contributed by atoms with Gasteiger partial charge in [0.1, 0.15) is 5.75 Å². The summed E-state index contributed by atoms with van der Waals surface area (Å²) in [7, 11) is 1.70. The van der Waals surface area contributed by atoms with Gasteiger partial charge in [-0.3, -0.25) is 0 Å². The lowest BCUT2D eigenvalue weighted by Gasteiger charge is -2.04. The third kappa shape index (κ3) is 2.45. The Morgan fingerprint density at radius 3 is 3.11 bits per heavy atom. The van der Waals surface area contributed by atoms with Crippen molar-refractivity contribution < 1.29 is 14.4 Å². The number of phenolic OH excluding ortho intramolecular Hbond substituents is 1. The van der Waals surface area contributed by atoms with Gasteiger partial charge in [0.25, 0.3) is 0 Å². The van der Waals surface area contributed by atoms with Crippen LogP contribution < -0.4 is 5.32 Å². The molecule has 2 aromatic rings. The molecule has 6 nitrogen and oxygen atoms in total. The number of phenols is 1. The summed E-state index contributed by atoms with van der Waals surface area (Å²) in [5, 5.41) is 16.7. The Kier molecular flexibility index (Phi) is 3.18. The molecule has 0 unspecified atom stereocenters. The molecule has 2 heterocycles. The van der Waals surface area contributed by atoms with Crippen molar-refractivity contribution in [1.82, 2.24) is 15.5 Å². The third-order valence-corrected chi connectivity index (χ3v) is 3.27. The average Bonchev–Trinajstić information content (AvgIpc) is 3.07. The number of ether oxygens (including phenoxy) is 1. The molecule has 3 rings (SSSR count). The number of hydrogen-bond donors (Lipinski definition) is 2. The van der Waals surface area contributed by atoms with Crippen LogP contribution in [0.3, 0.4) is 0 Å². The molecule has 1 aromatic carbocycles. The number of aromatic hydroxyl groups is 1. The maximum atomic E-state index is 9.44. The number of rotatable bonds is 3. The van der Waals surface area contributed by atoms with Crippen molar-refractivity contribution in [2.45, 2.75) is 18.6 Å². The highest BCUT2D eigenvalue weighted by atomic mass is 16.5. The van der Waals surface area contributed by atoms with Crippen molar-refractivity contribution in [1.29, 1.82) is 0 Å². The van der Waals surface area contributed by atoms with Gasteiger partial charge in [0.05, 0.1) is 12.1 Å². The van der Waals surface area contributed by atoms with Crippen LogP contribution in [-0.4, -0.2) is 35.0 Å². The Labute approximate surface area is 110 Å². The molecule has 0 radical (unpaired) electrons. The van der Waals surface area contributed by atoms with E-state index in [0.717, 1.165) is 18.5 Å². The van der Waals surface area contributed by atoms with Crippen LogP contribution in [0.2, 0.25) is 0 Å². The maximum absolute atomic E-state index is 9.44. The number of nitrogens with one attached hydrogen (secondary N) is 1. The topological polar surface area (TPSA) is 80.4 Å². The molecule has 0 amide bonds. The zero-order valence-corrected chi connectivity index (χ0v) is 10.5. The molecule has 1 aliphatic rings. The lowest BCUT2D eigenvalue weighted by molar-refractivity contribution is 0.116. The van der Waals surface area contributed by atoms with Crippen molar-refractivity contribution >= 4 is 0 Å². The Balaban J connectivity index is 1.80. The summed E-state index contributed by atoms with van der Waals surface area (Å²) in [4.78, 5) is 4.37. The van der Waals surface area contributed by atoms with Crippen molar-refractivity contribution in [3.05, 3.63) is 30.2 Å². The van der Waals surface area contributed by atoms with Gasteiger partial charge in [-0.25, -0.2) is 0 Å². The zero-order chi connectivity index (χ0) is 13.2. The Morgan fingerprint density at radius 1 is 1.47 bits per heavy atom. The second-order valence-electron chi connectivity index (χ2n) is 4.56. The predicted molar refractivity (Wildman–Crippen MR) is 67.6 cm³/mol. The van der Waals surface area contributed by atoms with Gasteiger partial charge in [-0.15, -0.1) is 0 Å². The van der Waals surface area contributed by atoms with Crippen LogP contribution in [0.4, 0.5) is 0 Å². The van der Waals surface area contributed by atoms with E-state index in [4.69, 9.17) is 9.26 Å². The maximum Gasteiger partial charge on any atom is 0.244 e. The van der Waals surface area contributed by atoms with E-state index in [9.17, 15) is 5.11 Å². The lowest BCUT2D eigenvalue weighted by atomic mass is 10.2. The summed E-state index contributed by atoms with van der Waals surface area (Å²) < 4.78 is 10.6. The molecular formula is C13H15N3O3. The van der Waals surface area contributed by atoms with Gasteiger partial charge in [-0.05, 0) is 18.6 Å². The second-order valence-corrected chi connectivity index (χ2v) is 4.56. The fourth-order valence-corrected chi connectivity index (χ4v) is 2.21. The highest BCUT2D eigenvalue weighted by Gasteiger charge is 2.29. The zero-order valence-electron chi connectivity index (χ0n) is 10.5. The quantitative estimate of drug-likeness (QED) is 0.871. The minimum atomic E-state index is 0.0310. The van der Waals surface area contributed by atoms with Crippen LogP contribution in [0.5, 0.6) is 5.75 Å². The molecule has 19 heavy (non-hydrogen) atoms. The van der Waals surface area contributed by atoms with Crippen LogP contribution >= 0.6 is 0 Å². The van der Waals surface area contributed by atoms with Crippen LogP contribution in [0.1, 0.15) is 18.4 Å². The minimum absolute atomic E-state index is 0.0310. The van der Waals surface area contributed by atoms with E-state index in [1.165, 1.54) is 0 Å². The molecule has 0 spiro atoms. The molecule has 0 bridgehead atoms. The highest BCUT2D eigenvalue weighted by Crippen LogP contribution is 2.26. The van der Waals surface area contributed by atoms with Gasteiger partial charge >= 0.3 is 0 Å². The van der Waals surface area contributed by atoms with E-state index < -0.39 is 0 Å². The molecule has 6 heteroatoms. The number of methoxy groups -OCH3 is 1. The first-order valence-electron chi connectivity index (χ1n) is 6.15. The highest BCUT2D eigenvalue weighted by molar-refractivity contribution is 5.56. The largest absolute Gasteiger partial charge is 0.508 e. The molecule has 100 valence electrons. The summed E-state index contributed by atoms with van der Waals surface area (Å²) in [6, 6.07) is 6.81. The van der Waals surface area contributed by atoms with Gasteiger partial charge in [-0.2, -0.15) is 4.98 Å². The van der Waals surface area contributed by atoms with Gasteiger partial charge in [-0.1, -0.05) is 17.3 Å². The summed E-state index contributed by atoms with van der Waals surface area (Å²) in [5.74, 6) is 1.22. The molecule has 1 saturated heterocycles. The summed E-state index contributed by atoms with van der Waals surface area (Å²) >= 11 is 0. The Bertz CT molecular complexity index is 570. The summed E-state index contributed by atoms with van der Waals surface area (Å²) in [5.41, 5.74) is 0.733. The van der Waals surface area contributed by atoms with Crippen molar-refractivity contribution in [2.75, 3.05) is 13.7 Å². The van der Waals surface area contributed by atoms with Crippen molar-refractivity contribution in [3.8, 4) is 17.1 Å². The Morgan fingerprint density at radius 2 is 2.37 bits per heavy atom. The smallest absolute Gasteiger partial charge is 0.244 e. The van der Waals surface area contributed by atoms with Gasteiger partial charge in [0.15, 0.2) is 0 Å². The number of hydrogen-bond acceptors (Lipinski definition) is 6. The van der Waals surface area contributed by atoms with Crippen LogP contribution in [0.25, 0.3) is 11.4 Å². The number of aromatic nitrogens is 2. The van der Waals surface area contributed by atoms with E-state index in [1.54, 1.807) is 25.3 Å². The van der Waals surface area contributed by atoms with E-state index >= 15 is 0 Å². The van der Waals surface area contributed by atoms with Gasteiger partial charge in [0.2, 0.25) is 11.7 Å². The van der Waals surface area contributed by atoms with Crippen LogP contribution in [0, 0.1) is 0 Å². The normalized spacial score (nSPS) is 22.8. The van der Waals surface area contributed by atoms with E-state index in [1.807, 2.05) is 6.07 Å². The fraction of sp³-hybridized carbons (Fsp3) is 0.385. The first-order chi connectivity index (χ1) is 9.26. The van der Waals surface area contributed by atoms with Gasteiger partial charge < -0.3 is 19.7 Å². The van der Waals surface area contributed by atoms with Crippen molar-refractivity contribution in [2.24, 2.45) is 0 Å². The van der Waals surface area contributed by atoms with Crippen molar-refractivity contribution in [3.63, 3.8) is 0 Å². The van der Waals surface area contributed by atoms with Crippen LogP contribution in [-0.2, 0) is 4.74 Å². The molecule has 2 atom stereocenters. The standard InChI is InChI=1S/C13H15N3O3/c1-18-10-6-11(14-7-10)13-15-12(16-19-13)8-3-2-4-9(17)5-8/h2-5,10-11,14,17H,6-7H2,1H3/t10-,11+/m0/s1. The predicted octanol–water partition coefficient (Wildman–Crippen LogP) is 1.49. The molecule has 0 saturated carbocycles. The second kappa shape index (κ2) is 4.99. The fourth-order valence-electron chi connectivity index (χ4n) is 2.21. The summed E-state index contributed by atoms with van der Waals surface area (Å²) in [6.45, 7) is 0.783. The van der Waals surface area contributed by atoms with Gasteiger partial charge in [0, 0.05) is 19.2 Å². The molecule has 1 aromatic heterocycles. The molecule has 1 aliphatic heterocycles. The average molecular weight is 261 g/mol. The molecule has 1 fully saturated rings. The Hall–Kier alpha value is -1.92. The first-order valence-corrected chi connectivity index (χ1v) is 6.15. The SMILES string of the molecule is CO[C@@H]1CN[C@@H](c2nc(-c3cccc(O)c3)no2)C1. The lowest BCUT2D eigenvalue weighted by Crippen LogP contribution is -2.16. The third-order valence-electron chi connectivity index (χ3n) is 3.27. The number of benzene rings is 1. The monoisotopic (exact) mass is 261 g/mol. The minimum Gasteiger partial charge on any atom is -0.508 e. The van der Waals surface area contributed by atoms with E-state index in [0.29, 0.717) is 11.7 Å². The molecule has 2 N–H and O–H groups in total. The molecular weight excluding hydrogens is 246 g/mol. The van der Waals surface area contributed by atoms with E-state index in [-0.39, 0.29) is 17.9 Å². The van der Waals surface area contributed by atoms with E-state index in [2.05, 4.69) is 15.5 Å². The first kappa shape index (κ1) is 12.1. The van der Waals surface area contributed by atoms with Crippen LogP contribution in [0.15, 0.2) is 28.8 Å².